The molecular weight excluding hydrogens is 208 g/mol. The summed E-state index contributed by atoms with van der Waals surface area (Å²) < 4.78 is 5.12. The molecule has 5 nitrogen and oxygen atoms in total. The minimum Gasteiger partial charge on any atom is -0.474 e. The summed E-state index contributed by atoms with van der Waals surface area (Å²) in [4.78, 5) is 10.4. The average molecular weight is 220 g/mol. The van der Waals surface area contributed by atoms with Gasteiger partial charge in [-0.3, -0.25) is 10.1 Å². The van der Waals surface area contributed by atoms with Gasteiger partial charge in [0.1, 0.15) is 12.3 Å². The summed E-state index contributed by atoms with van der Waals surface area (Å²) >= 11 is 0. The lowest BCUT2D eigenvalue weighted by molar-refractivity contribution is -0.384. The Bertz CT molecular complexity index is 424. The molecule has 0 saturated carbocycles. The van der Waals surface area contributed by atoms with Gasteiger partial charge in [-0.25, -0.2) is 0 Å². The molecule has 0 aliphatic carbocycles. The molecule has 0 amide bonds. The number of anilines is 1. The second-order valence-corrected chi connectivity index (χ2v) is 2.93. The van der Waals surface area contributed by atoms with Gasteiger partial charge in [0.15, 0.2) is 5.75 Å². The van der Waals surface area contributed by atoms with Gasteiger partial charge in [0, 0.05) is 6.54 Å². The first kappa shape index (κ1) is 11.9. The van der Waals surface area contributed by atoms with Gasteiger partial charge in [-0.1, -0.05) is 12.0 Å². The number of nitrogens with one attached hydrogen (secondary N) is 1. The summed E-state index contributed by atoms with van der Waals surface area (Å²) in [5, 5.41) is 13.8. The maximum absolute atomic E-state index is 10.9. The number of nitro benzene ring substituents is 1. The maximum Gasteiger partial charge on any atom is 0.333 e. The number of para-hydroxylation sites is 1. The lowest BCUT2D eigenvalue weighted by atomic mass is 10.2. The first-order valence-electron chi connectivity index (χ1n) is 4.78. The van der Waals surface area contributed by atoms with Gasteiger partial charge in [-0.05, 0) is 19.1 Å². The zero-order valence-corrected chi connectivity index (χ0v) is 8.90. The molecular formula is C11H12N2O3. The second kappa shape index (κ2) is 5.61. The van der Waals surface area contributed by atoms with Crippen LogP contribution in [-0.4, -0.2) is 18.1 Å². The van der Waals surface area contributed by atoms with E-state index in [-0.39, 0.29) is 18.0 Å². The summed E-state index contributed by atoms with van der Waals surface area (Å²) in [5.41, 5.74) is 0.349. The number of benzene rings is 1. The Morgan fingerprint density at radius 2 is 2.38 bits per heavy atom. The van der Waals surface area contributed by atoms with Crippen molar-refractivity contribution in [3.8, 4) is 18.1 Å². The number of hydrogen-bond acceptors (Lipinski definition) is 4. The Morgan fingerprint density at radius 1 is 1.62 bits per heavy atom. The van der Waals surface area contributed by atoms with Gasteiger partial charge in [0.25, 0.3) is 0 Å². The van der Waals surface area contributed by atoms with Gasteiger partial charge in [-0.2, -0.15) is 0 Å². The molecule has 16 heavy (non-hydrogen) atoms. The van der Waals surface area contributed by atoms with E-state index in [4.69, 9.17) is 11.2 Å². The van der Waals surface area contributed by atoms with Crippen LogP contribution >= 0.6 is 0 Å². The number of hydrogen-bond donors (Lipinski definition) is 1. The summed E-state index contributed by atoms with van der Waals surface area (Å²) in [6.07, 6.45) is 5.04. The van der Waals surface area contributed by atoms with Gasteiger partial charge in [0.05, 0.1) is 4.92 Å². The van der Waals surface area contributed by atoms with Crippen LogP contribution in [0.15, 0.2) is 18.2 Å². The molecule has 5 heteroatoms. The maximum atomic E-state index is 10.9. The predicted octanol–water partition coefficient (Wildman–Crippen LogP) is 2.04. The van der Waals surface area contributed by atoms with E-state index in [2.05, 4.69) is 11.2 Å². The van der Waals surface area contributed by atoms with Gasteiger partial charge >= 0.3 is 5.69 Å². The molecule has 0 aromatic heterocycles. The van der Waals surface area contributed by atoms with Crippen molar-refractivity contribution < 1.29 is 9.66 Å². The van der Waals surface area contributed by atoms with Crippen molar-refractivity contribution in [2.45, 2.75) is 6.92 Å². The Hall–Kier alpha value is -2.22. The van der Waals surface area contributed by atoms with E-state index in [0.29, 0.717) is 12.2 Å². The lowest BCUT2D eigenvalue weighted by Gasteiger charge is -2.08. The number of terminal acetylenes is 1. The zero-order valence-electron chi connectivity index (χ0n) is 8.90. The molecule has 1 aromatic carbocycles. The molecule has 0 fully saturated rings. The van der Waals surface area contributed by atoms with Gasteiger partial charge < -0.3 is 10.1 Å². The summed E-state index contributed by atoms with van der Waals surface area (Å²) in [7, 11) is 0. The highest BCUT2D eigenvalue weighted by Gasteiger charge is 2.20. The Labute approximate surface area is 93.6 Å². The zero-order chi connectivity index (χ0) is 12.0. The van der Waals surface area contributed by atoms with E-state index in [0.717, 1.165) is 0 Å². The molecule has 0 radical (unpaired) electrons. The SMILES string of the molecule is C#CCOc1cccc(NCC)c1[N+](=O)[O-]. The van der Waals surface area contributed by atoms with E-state index >= 15 is 0 Å². The van der Waals surface area contributed by atoms with E-state index in [1.165, 1.54) is 6.07 Å². The molecule has 84 valence electrons. The highest BCUT2D eigenvalue weighted by Crippen LogP contribution is 2.34. The standard InChI is InChI=1S/C11H12N2O3/c1-3-8-16-10-7-5-6-9(12-4-2)11(10)13(14)15/h1,5-7,12H,4,8H2,2H3. The third-order valence-corrected chi connectivity index (χ3v) is 1.86. The topological polar surface area (TPSA) is 64.4 Å². The smallest absolute Gasteiger partial charge is 0.333 e. The third-order valence-electron chi connectivity index (χ3n) is 1.86. The van der Waals surface area contributed by atoms with Crippen LogP contribution in [0.2, 0.25) is 0 Å². The minimum absolute atomic E-state index is 0.0103. The molecule has 0 unspecified atom stereocenters. The summed E-state index contributed by atoms with van der Waals surface area (Å²) in [6.45, 7) is 2.47. The quantitative estimate of drug-likeness (QED) is 0.468. The highest BCUT2D eigenvalue weighted by molar-refractivity contribution is 5.68. The predicted molar refractivity (Wildman–Crippen MR) is 61.6 cm³/mol. The van der Waals surface area contributed by atoms with Crippen LogP contribution < -0.4 is 10.1 Å². The first-order chi connectivity index (χ1) is 7.70. The average Bonchev–Trinajstić information content (AvgIpc) is 2.26. The van der Waals surface area contributed by atoms with Crippen molar-refractivity contribution in [2.24, 2.45) is 0 Å². The molecule has 0 spiro atoms. The monoisotopic (exact) mass is 220 g/mol. The van der Waals surface area contributed by atoms with Crippen molar-refractivity contribution in [3.05, 3.63) is 28.3 Å². The fourth-order valence-electron chi connectivity index (χ4n) is 1.28. The Kier molecular flexibility index (Phi) is 4.16. The fourth-order valence-corrected chi connectivity index (χ4v) is 1.28. The van der Waals surface area contributed by atoms with Crippen LogP contribution in [0.1, 0.15) is 6.92 Å². The summed E-state index contributed by atoms with van der Waals surface area (Å²) in [6, 6.07) is 4.83. The van der Waals surface area contributed by atoms with Crippen molar-refractivity contribution in [3.63, 3.8) is 0 Å². The van der Waals surface area contributed by atoms with Crippen molar-refractivity contribution in [1.29, 1.82) is 0 Å². The van der Waals surface area contributed by atoms with Crippen LogP contribution in [0, 0.1) is 22.5 Å². The van der Waals surface area contributed by atoms with Gasteiger partial charge in [0.2, 0.25) is 0 Å². The third kappa shape index (κ3) is 2.64. The number of nitro groups is 1. The molecule has 0 aliphatic heterocycles. The summed E-state index contributed by atoms with van der Waals surface area (Å²) in [5.74, 6) is 2.45. The molecule has 0 aliphatic rings. The number of ether oxygens (including phenoxy) is 1. The van der Waals surface area contributed by atoms with Crippen LogP contribution in [0.3, 0.4) is 0 Å². The number of nitrogens with zero attached hydrogens (tertiary/aromatic N) is 1. The number of rotatable bonds is 5. The van der Waals surface area contributed by atoms with Gasteiger partial charge in [-0.15, -0.1) is 6.42 Å². The van der Waals surface area contributed by atoms with Crippen molar-refractivity contribution in [2.75, 3.05) is 18.5 Å². The van der Waals surface area contributed by atoms with Crippen LogP contribution in [0.4, 0.5) is 11.4 Å². The van der Waals surface area contributed by atoms with Crippen LogP contribution in [0.25, 0.3) is 0 Å². The van der Waals surface area contributed by atoms with Crippen molar-refractivity contribution >= 4 is 11.4 Å². The van der Waals surface area contributed by atoms with Crippen molar-refractivity contribution in [1.82, 2.24) is 0 Å². The minimum atomic E-state index is -0.482. The molecule has 0 heterocycles. The van der Waals surface area contributed by atoms with E-state index in [9.17, 15) is 10.1 Å². The molecule has 0 atom stereocenters. The molecule has 1 rings (SSSR count). The molecule has 0 bridgehead atoms. The van der Waals surface area contributed by atoms with Crippen LogP contribution in [0.5, 0.6) is 5.75 Å². The Balaban J connectivity index is 3.11. The fraction of sp³-hybridized carbons (Fsp3) is 0.273. The molecule has 1 aromatic rings. The molecule has 0 saturated heterocycles. The van der Waals surface area contributed by atoms with E-state index in [1.54, 1.807) is 12.1 Å². The van der Waals surface area contributed by atoms with Crippen LogP contribution in [-0.2, 0) is 0 Å². The largest absolute Gasteiger partial charge is 0.474 e. The lowest BCUT2D eigenvalue weighted by Crippen LogP contribution is -2.04. The van der Waals surface area contributed by atoms with E-state index in [1.807, 2.05) is 6.92 Å². The highest BCUT2D eigenvalue weighted by atomic mass is 16.6. The first-order valence-corrected chi connectivity index (χ1v) is 4.78. The second-order valence-electron chi connectivity index (χ2n) is 2.93. The molecule has 1 N–H and O–H groups in total. The normalized spacial score (nSPS) is 9.25. The van der Waals surface area contributed by atoms with E-state index < -0.39 is 4.92 Å². The Morgan fingerprint density at radius 3 is 2.94 bits per heavy atom.